The van der Waals surface area contributed by atoms with Gasteiger partial charge in [0, 0.05) is 12.6 Å². The smallest absolute Gasteiger partial charge is 0.342 e. The second-order valence-electron chi connectivity index (χ2n) is 6.02. The fourth-order valence-electron chi connectivity index (χ4n) is 2.93. The number of rotatable bonds is 6. The topological polar surface area (TPSA) is 90.0 Å². The Bertz CT molecular complexity index is 758. The molecule has 1 amide bonds. The molecule has 1 aromatic carbocycles. The largest absolute Gasteiger partial charge is 0.496 e. The molecule has 1 aliphatic rings. The summed E-state index contributed by atoms with van der Waals surface area (Å²) in [6.45, 7) is 3.54. The average Bonchev–Trinajstić information content (AvgIpc) is 2.92. The van der Waals surface area contributed by atoms with Crippen molar-refractivity contribution in [3.8, 4) is 5.75 Å². The second kappa shape index (κ2) is 7.86. The van der Waals surface area contributed by atoms with Gasteiger partial charge in [0.05, 0.1) is 18.6 Å². The van der Waals surface area contributed by atoms with Gasteiger partial charge >= 0.3 is 5.97 Å². The molecular weight excluding hydrogens is 346 g/mol. The number of methoxy groups -OCH3 is 1. The Morgan fingerprint density at radius 1 is 1.32 bits per heavy atom. The van der Waals surface area contributed by atoms with Gasteiger partial charge in [0.1, 0.15) is 11.3 Å². The van der Waals surface area contributed by atoms with Gasteiger partial charge in [-0.15, -0.1) is 0 Å². The number of benzene rings is 1. The zero-order valence-electron chi connectivity index (χ0n) is 14.6. The molecule has 0 unspecified atom stereocenters. The van der Waals surface area contributed by atoms with E-state index in [1.807, 2.05) is 6.92 Å². The SMILES string of the molecule is CCN(C(=O)COC(=O)c1cc(C)ccc1OC)[C@@H]1CCS(=O)(=O)C1. The maximum atomic E-state index is 12.4. The first-order valence-electron chi connectivity index (χ1n) is 8.09. The Morgan fingerprint density at radius 3 is 2.60 bits per heavy atom. The lowest BCUT2D eigenvalue weighted by atomic mass is 10.1. The van der Waals surface area contributed by atoms with E-state index >= 15 is 0 Å². The Balaban J connectivity index is 2.01. The fraction of sp³-hybridized carbons (Fsp3) is 0.529. The van der Waals surface area contributed by atoms with Crippen LogP contribution in [0.1, 0.15) is 29.3 Å². The average molecular weight is 369 g/mol. The number of aryl methyl sites for hydroxylation is 1. The maximum Gasteiger partial charge on any atom is 0.342 e. The van der Waals surface area contributed by atoms with E-state index in [9.17, 15) is 18.0 Å². The van der Waals surface area contributed by atoms with Crippen LogP contribution in [0.3, 0.4) is 0 Å². The Hall–Kier alpha value is -2.09. The quantitative estimate of drug-likeness (QED) is 0.700. The number of hydrogen-bond donors (Lipinski definition) is 0. The molecule has 0 N–H and O–H groups in total. The van der Waals surface area contributed by atoms with Gasteiger partial charge in [-0.2, -0.15) is 0 Å². The molecule has 1 atom stereocenters. The van der Waals surface area contributed by atoms with Gasteiger partial charge in [-0.05, 0) is 32.4 Å². The Kier molecular flexibility index (Phi) is 6.05. The van der Waals surface area contributed by atoms with Crippen LogP contribution in [-0.4, -0.2) is 63.0 Å². The van der Waals surface area contributed by atoms with Crippen molar-refractivity contribution < 1.29 is 27.5 Å². The lowest BCUT2D eigenvalue weighted by molar-refractivity contribution is -0.136. The van der Waals surface area contributed by atoms with Crippen molar-refractivity contribution in [1.82, 2.24) is 4.90 Å². The number of carbonyl (C=O) groups is 2. The first-order chi connectivity index (χ1) is 11.8. The number of ether oxygens (including phenoxy) is 2. The molecule has 8 heteroatoms. The number of amides is 1. The third-order valence-electron chi connectivity index (χ3n) is 4.21. The molecule has 2 rings (SSSR count). The normalized spacial score (nSPS) is 18.6. The molecule has 138 valence electrons. The van der Waals surface area contributed by atoms with E-state index in [1.165, 1.54) is 12.0 Å². The van der Waals surface area contributed by atoms with Gasteiger partial charge in [-0.1, -0.05) is 11.6 Å². The lowest BCUT2D eigenvalue weighted by Crippen LogP contribution is -2.43. The second-order valence-corrected chi connectivity index (χ2v) is 8.25. The van der Waals surface area contributed by atoms with E-state index in [-0.39, 0.29) is 23.1 Å². The summed E-state index contributed by atoms with van der Waals surface area (Å²) in [6.07, 6.45) is 0.418. The van der Waals surface area contributed by atoms with Crippen LogP contribution < -0.4 is 4.74 Å². The summed E-state index contributed by atoms with van der Waals surface area (Å²) in [4.78, 5) is 26.1. The minimum Gasteiger partial charge on any atom is -0.496 e. The molecule has 1 saturated heterocycles. The first-order valence-corrected chi connectivity index (χ1v) is 9.91. The molecular formula is C17H23NO6S. The molecule has 0 bridgehead atoms. The van der Waals surface area contributed by atoms with Crippen LogP contribution in [0.15, 0.2) is 18.2 Å². The minimum absolute atomic E-state index is 0.0355. The molecule has 0 aromatic heterocycles. The van der Waals surface area contributed by atoms with Crippen molar-refractivity contribution in [2.75, 3.05) is 31.8 Å². The number of nitrogens with zero attached hydrogens (tertiary/aromatic N) is 1. The number of hydrogen-bond acceptors (Lipinski definition) is 6. The standard InChI is InChI=1S/C17H23NO6S/c1-4-18(13-7-8-25(21,22)11-13)16(19)10-24-17(20)14-9-12(2)5-6-15(14)23-3/h5-6,9,13H,4,7-8,10-11H2,1-3H3/t13-/m1/s1. The van der Waals surface area contributed by atoms with E-state index in [0.717, 1.165) is 5.56 Å². The Labute approximate surface area is 147 Å². The van der Waals surface area contributed by atoms with E-state index in [4.69, 9.17) is 9.47 Å². The summed E-state index contributed by atoms with van der Waals surface area (Å²) in [5.74, 6) is -0.626. The van der Waals surface area contributed by atoms with Crippen LogP contribution in [0, 0.1) is 6.92 Å². The molecule has 25 heavy (non-hydrogen) atoms. The third-order valence-corrected chi connectivity index (χ3v) is 5.96. The summed E-state index contributed by atoms with van der Waals surface area (Å²) >= 11 is 0. The minimum atomic E-state index is -3.09. The summed E-state index contributed by atoms with van der Waals surface area (Å²) in [6, 6.07) is 4.75. The van der Waals surface area contributed by atoms with E-state index in [1.54, 1.807) is 25.1 Å². The van der Waals surface area contributed by atoms with Crippen LogP contribution in [0.5, 0.6) is 5.75 Å². The number of likely N-dealkylation sites (N-methyl/N-ethyl adjacent to an activating group) is 1. The summed E-state index contributed by atoms with van der Waals surface area (Å²) in [7, 11) is -1.64. The highest BCUT2D eigenvalue weighted by Gasteiger charge is 2.34. The van der Waals surface area contributed by atoms with Crippen molar-refractivity contribution in [2.45, 2.75) is 26.3 Å². The number of esters is 1. The molecule has 0 saturated carbocycles. The molecule has 1 aliphatic heterocycles. The molecule has 1 fully saturated rings. The first kappa shape index (κ1) is 19.2. The van der Waals surface area contributed by atoms with Gasteiger partial charge in [-0.25, -0.2) is 13.2 Å². The monoisotopic (exact) mass is 369 g/mol. The van der Waals surface area contributed by atoms with Gasteiger partial charge in [0.25, 0.3) is 5.91 Å². The molecule has 7 nitrogen and oxygen atoms in total. The molecule has 0 aliphatic carbocycles. The highest BCUT2D eigenvalue weighted by atomic mass is 32.2. The van der Waals surface area contributed by atoms with E-state index in [0.29, 0.717) is 18.7 Å². The molecule has 1 heterocycles. The maximum absolute atomic E-state index is 12.4. The van der Waals surface area contributed by atoms with Crippen LogP contribution >= 0.6 is 0 Å². The van der Waals surface area contributed by atoms with Crippen molar-refractivity contribution in [1.29, 1.82) is 0 Å². The van der Waals surface area contributed by atoms with Gasteiger partial charge in [-0.3, -0.25) is 4.79 Å². The van der Waals surface area contributed by atoms with Crippen molar-refractivity contribution in [3.63, 3.8) is 0 Å². The van der Waals surface area contributed by atoms with Crippen LogP contribution in [0.4, 0.5) is 0 Å². The predicted octanol–water partition coefficient (Wildman–Crippen LogP) is 1.20. The van der Waals surface area contributed by atoms with Crippen molar-refractivity contribution in [3.05, 3.63) is 29.3 Å². The highest BCUT2D eigenvalue weighted by molar-refractivity contribution is 7.91. The summed E-state index contributed by atoms with van der Waals surface area (Å²) in [5, 5.41) is 0. The Morgan fingerprint density at radius 2 is 2.04 bits per heavy atom. The summed E-state index contributed by atoms with van der Waals surface area (Å²) < 4.78 is 33.5. The molecule has 0 spiro atoms. The third kappa shape index (κ3) is 4.72. The number of sulfone groups is 1. The zero-order valence-corrected chi connectivity index (χ0v) is 15.5. The fourth-order valence-corrected chi connectivity index (χ4v) is 4.66. The number of carbonyl (C=O) groups excluding carboxylic acids is 2. The predicted molar refractivity (Wildman–Crippen MR) is 92.5 cm³/mol. The van der Waals surface area contributed by atoms with Crippen LogP contribution in [0.25, 0.3) is 0 Å². The highest BCUT2D eigenvalue weighted by Crippen LogP contribution is 2.21. The van der Waals surface area contributed by atoms with Gasteiger partial charge in [0.15, 0.2) is 16.4 Å². The summed E-state index contributed by atoms with van der Waals surface area (Å²) in [5.41, 5.74) is 1.12. The van der Waals surface area contributed by atoms with Gasteiger partial charge < -0.3 is 14.4 Å². The van der Waals surface area contributed by atoms with Gasteiger partial charge in [0.2, 0.25) is 0 Å². The lowest BCUT2D eigenvalue weighted by Gasteiger charge is -2.26. The molecule has 0 radical (unpaired) electrons. The van der Waals surface area contributed by atoms with E-state index in [2.05, 4.69) is 0 Å². The van der Waals surface area contributed by atoms with Crippen molar-refractivity contribution >= 4 is 21.7 Å². The van der Waals surface area contributed by atoms with Crippen LogP contribution in [0.2, 0.25) is 0 Å². The van der Waals surface area contributed by atoms with E-state index < -0.39 is 28.3 Å². The zero-order chi connectivity index (χ0) is 18.6. The molecule has 1 aromatic rings. The van der Waals surface area contributed by atoms with Crippen molar-refractivity contribution in [2.24, 2.45) is 0 Å². The van der Waals surface area contributed by atoms with Crippen LogP contribution in [-0.2, 0) is 19.4 Å².